The molecule has 0 aromatic carbocycles. The van der Waals surface area contributed by atoms with Crippen molar-refractivity contribution < 1.29 is 18.0 Å². The van der Waals surface area contributed by atoms with Crippen molar-refractivity contribution in [3.63, 3.8) is 0 Å². The first-order valence-electron chi connectivity index (χ1n) is 5.93. The summed E-state index contributed by atoms with van der Waals surface area (Å²) >= 11 is 0. The normalized spacial score (nSPS) is 17.9. The average Bonchev–Trinajstić information content (AvgIpc) is 3.04. The van der Waals surface area contributed by atoms with Crippen LogP contribution in [-0.2, 0) is 4.79 Å². The molecule has 1 fully saturated rings. The Morgan fingerprint density at radius 2 is 2.06 bits per heavy atom. The van der Waals surface area contributed by atoms with E-state index in [0.717, 1.165) is 4.90 Å². The van der Waals surface area contributed by atoms with Gasteiger partial charge in [-0.15, -0.1) is 0 Å². The molecule has 0 aromatic heterocycles. The predicted molar refractivity (Wildman–Crippen MR) is 58.2 cm³/mol. The van der Waals surface area contributed by atoms with E-state index in [2.05, 4.69) is 0 Å². The van der Waals surface area contributed by atoms with E-state index in [4.69, 9.17) is 5.73 Å². The first-order valence-corrected chi connectivity index (χ1v) is 5.93. The monoisotopic (exact) mass is 252 g/mol. The highest BCUT2D eigenvalue weighted by Crippen LogP contribution is 2.31. The summed E-state index contributed by atoms with van der Waals surface area (Å²) in [6, 6.07) is -0.209. The van der Waals surface area contributed by atoms with Crippen LogP contribution in [0.15, 0.2) is 0 Å². The maximum absolute atomic E-state index is 12.3. The summed E-state index contributed by atoms with van der Waals surface area (Å²) < 4.78 is 37.0. The molecule has 1 rings (SSSR count). The van der Waals surface area contributed by atoms with Crippen molar-refractivity contribution >= 4 is 5.91 Å². The lowest BCUT2D eigenvalue weighted by atomic mass is 10.0. The molecule has 0 aromatic rings. The van der Waals surface area contributed by atoms with Crippen LogP contribution in [0.1, 0.15) is 32.6 Å². The number of hydrogen-bond donors (Lipinski definition) is 1. The molecule has 0 bridgehead atoms. The van der Waals surface area contributed by atoms with E-state index in [1.807, 2.05) is 6.92 Å². The van der Waals surface area contributed by atoms with Crippen molar-refractivity contribution in [3.8, 4) is 0 Å². The Morgan fingerprint density at radius 1 is 1.47 bits per heavy atom. The van der Waals surface area contributed by atoms with Gasteiger partial charge in [-0.05, 0) is 25.3 Å². The van der Waals surface area contributed by atoms with Gasteiger partial charge in [-0.2, -0.15) is 13.2 Å². The Kier molecular flexibility index (Phi) is 4.80. The number of carbonyl (C=O) groups excluding carboxylic acids is 1. The van der Waals surface area contributed by atoms with Gasteiger partial charge in [0.15, 0.2) is 0 Å². The fourth-order valence-electron chi connectivity index (χ4n) is 1.76. The van der Waals surface area contributed by atoms with Crippen LogP contribution in [0.3, 0.4) is 0 Å². The third-order valence-corrected chi connectivity index (χ3v) is 3.03. The Bertz CT molecular complexity index is 260. The topological polar surface area (TPSA) is 46.3 Å². The lowest BCUT2D eigenvalue weighted by Crippen LogP contribution is -2.41. The van der Waals surface area contributed by atoms with Gasteiger partial charge in [0.05, 0.1) is 0 Å². The van der Waals surface area contributed by atoms with Crippen LogP contribution >= 0.6 is 0 Å². The standard InChI is InChI=1S/C11H19F3N2O/c1-2-8(6-15)5-10(17)16(9-3-4-9)7-11(12,13)14/h8-9H,2-7,15H2,1H3. The van der Waals surface area contributed by atoms with Gasteiger partial charge in [0.25, 0.3) is 0 Å². The highest BCUT2D eigenvalue weighted by Gasteiger charge is 2.40. The van der Waals surface area contributed by atoms with Gasteiger partial charge >= 0.3 is 6.18 Å². The summed E-state index contributed by atoms with van der Waals surface area (Å²) in [5.74, 6) is -0.431. The van der Waals surface area contributed by atoms with E-state index in [9.17, 15) is 18.0 Å². The molecule has 1 aliphatic rings. The summed E-state index contributed by atoms with van der Waals surface area (Å²) in [6.07, 6.45) is -2.11. The molecule has 1 atom stereocenters. The minimum atomic E-state index is -4.32. The van der Waals surface area contributed by atoms with Gasteiger partial charge in [-0.3, -0.25) is 4.79 Å². The van der Waals surface area contributed by atoms with Crippen LogP contribution in [0.25, 0.3) is 0 Å². The third-order valence-electron chi connectivity index (χ3n) is 3.03. The molecule has 0 aliphatic heterocycles. The van der Waals surface area contributed by atoms with E-state index >= 15 is 0 Å². The lowest BCUT2D eigenvalue weighted by molar-refractivity contribution is -0.163. The van der Waals surface area contributed by atoms with Crippen LogP contribution in [0.2, 0.25) is 0 Å². The molecular formula is C11H19F3N2O. The molecule has 2 N–H and O–H groups in total. The van der Waals surface area contributed by atoms with Crippen molar-refractivity contribution in [3.05, 3.63) is 0 Å². The summed E-state index contributed by atoms with van der Waals surface area (Å²) in [5.41, 5.74) is 5.46. The molecule has 6 heteroatoms. The van der Waals surface area contributed by atoms with Gasteiger partial charge in [-0.1, -0.05) is 13.3 Å². The van der Waals surface area contributed by atoms with Crippen molar-refractivity contribution in [2.24, 2.45) is 11.7 Å². The number of nitrogens with zero attached hydrogens (tertiary/aromatic N) is 1. The molecule has 17 heavy (non-hydrogen) atoms. The van der Waals surface area contributed by atoms with Gasteiger partial charge < -0.3 is 10.6 Å². The molecule has 0 heterocycles. The zero-order chi connectivity index (χ0) is 13.1. The SMILES string of the molecule is CCC(CN)CC(=O)N(CC(F)(F)F)C1CC1. The highest BCUT2D eigenvalue weighted by atomic mass is 19.4. The fraction of sp³-hybridized carbons (Fsp3) is 0.909. The fourth-order valence-corrected chi connectivity index (χ4v) is 1.76. The lowest BCUT2D eigenvalue weighted by Gasteiger charge is -2.25. The second-order valence-corrected chi connectivity index (χ2v) is 4.58. The van der Waals surface area contributed by atoms with E-state index in [-0.39, 0.29) is 18.4 Å². The second kappa shape index (κ2) is 5.71. The van der Waals surface area contributed by atoms with E-state index in [1.54, 1.807) is 0 Å². The zero-order valence-corrected chi connectivity index (χ0v) is 9.96. The van der Waals surface area contributed by atoms with Gasteiger partial charge in [0.1, 0.15) is 6.54 Å². The Morgan fingerprint density at radius 3 is 2.41 bits per heavy atom. The molecule has 0 radical (unpaired) electrons. The van der Waals surface area contributed by atoms with E-state index in [0.29, 0.717) is 25.8 Å². The molecule has 1 aliphatic carbocycles. The van der Waals surface area contributed by atoms with Crippen molar-refractivity contribution in [2.45, 2.75) is 44.8 Å². The van der Waals surface area contributed by atoms with Crippen LogP contribution in [-0.4, -0.2) is 36.1 Å². The largest absolute Gasteiger partial charge is 0.406 e. The van der Waals surface area contributed by atoms with Crippen LogP contribution in [0.4, 0.5) is 13.2 Å². The van der Waals surface area contributed by atoms with Crippen LogP contribution in [0, 0.1) is 5.92 Å². The quantitative estimate of drug-likeness (QED) is 0.785. The number of rotatable bonds is 6. The van der Waals surface area contributed by atoms with E-state index < -0.39 is 18.6 Å². The van der Waals surface area contributed by atoms with Crippen molar-refractivity contribution in [2.75, 3.05) is 13.1 Å². The predicted octanol–water partition coefficient (Wildman–Crippen LogP) is 1.91. The van der Waals surface area contributed by atoms with Gasteiger partial charge in [0, 0.05) is 12.5 Å². The summed E-state index contributed by atoms with van der Waals surface area (Å²) in [4.78, 5) is 12.8. The summed E-state index contributed by atoms with van der Waals surface area (Å²) in [6.45, 7) is 1.10. The van der Waals surface area contributed by atoms with Crippen LogP contribution in [0.5, 0.6) is 0 Å². The molecule has 0 spiro atoms. The third kappa shape index (κ3) is 4.93. The summed E-state index contributed by atoms with van der Waals surface area (Å²) in [7, 11) is 0. The Balaban J connectivity index is 2.55. The molecule has 1 saturated carbocycles. The van der Waals surface area contributed by atoms with E-state index in [1.165, 1.54) is 0 Å². The number of carbonyl (C=O) groups is 1. The molecule has 1 amide bonds. The summed E-state index contributed by atoms with van der Waals surface area (Å²) in [5, 5.41) is 0. The number of hydrogen-bond acceptors (Lipinski definition) is 2. The number of halogens is 3. The smallest absolute Gasteiger partial charge is 0.331 e. The second-order valence-electron chi connectivity index (χ2n) is 4.58. The van der Waals surface area contributed by atoms with Crippen LogP contribution < -0.4 is 5.73 Å². The molecule has 3 nitrogen and oxygen atoms in total. The number of amides is 1. The highest BCUT2D eigenvalue weighted by molar-refractivity contribution is 5.77. The molecule has 0 saturated heterocycles. The molecule has 1 unspecified atom stereocenters. The Hall–Kier alpha value is -0.780. The van der Waals surface area contributed by atoms with Gasteiger partial charge in [-0.25, -0.2) is 0 Å². The van der Waals surface area contributed by atoms with Crippen molar-refractivity contribution in [1.29, 1.82) is 0 Å². The van der Waals surface area contributed by atoms with Crippen molar-refractivity contribution in [1.82, 2.24) is 4.90 Å². The average molecular weight is 252 g/mol. The van der Waals surface area contributed by atoms with Gasteiger partial charge in [0.2, 0.25) is 5.91 Å². The first kappa shape index (κ1) is 14.3. The Labute approximate surface area is 99.1 Å². The first-order chi connectivity index (χ1) is 7.87. The maximum atomic E-state index is 12.3. The maximum Gasteiger partial charge on any atom is 0.406 e. The molecule has 100 valence electrons. The number of nitrogens with two attached hydrogens (primary N) is 1. The molecular weight excluding hydrogens is 233 g/mol. The minimum absolute atomic E-state index is 0.0167. The zero-order valence-electron chi connectivity index (χ0n) is 9.96. The number of alkyl halides is 3. The minimum Gasteiger partial charge on any atom is -0.331 e.